The summed E-state index contributed by atoms with van der Waals surface area (Å²) in [5, 5.41) is 16.9. The fraction of sp³-hybridized carbons (Fsp3) is 0.500. The van der Waals surface area contributed by atoms with Gasteiger partial charge in [-0.15, -0.1) is 0 Å². The van der Waals surface area contributed by atoms with E-state index in [1.807, 2.05) is 41.1 Å². The summed E-state index contributed by atoms with van der Waals surface area (Å²) in [5.41, 5.74) is 2.46. The number of carbonyl (C=O) groups is 1. The zero-order valence-corrected chi connectivity index (χ0v) is 15.0. The second kappa shape index (κ2) is 7.83. The number of para-hydroxylation sites is 1. The molecule has 1 saturated carbocycles. The monoisotopic (exact) mass is 341 g/mol. The van der Waals surface area contributed by atoms with Crippen molar-refractivity contribution < 1.29 is 9.90 Å². The molecule has 0 unspecified atom stereocenters. The Hall–Kier alpha value is -2.14. The number of carbonyl (C=O) groups excluding carboxylic acids is 1. The lowest BCUT2D eigenvalue weighted by Gasteiger charge is -2.27. The molecule has 0 radical (unpaired) electrons. The second-order valence-corrected chi connectivity index (χ2v) is 7.23. The summed E-state index contributed by atoms with van der Waals surface area (Å²) >= 11 is 0. The minimum Gasteiger partial charge on any atom is -0.396 e. The van der Waals surface area contributed by atoms with Gasteiger partial charge in [0.1, 0.15) is 0 Å². The van der Waals surface area contributed by atoms with E-state index in [-0.39, 0.29) is 24.5 Å². The van der Waals surface area contributed by atoms with E-state index < -0.39 is 0 Å². The molecular weight excluding hydrogens is 314 g/mol. The average molecular weight is 341 g/mol. The molecule has 134 valence electrons. The molecule has 3 rings (SSSR count). The van der Waals surface area contributed by atoms with E-state index in [1.165, 1.54) is 0 Å². The van der Waals surface area contributed by atoms with Crippen molar-refractivity contribution in [2.75, 3.05) is 6.61 Å². The molecule has 1 aromatic heterocycles. The highest BCUT2D eigenvalue weighted by atomic mass is 16.3. The number of benzene rings is 1. The molecule has 1 fully saturated rings. The quantitative estimate of drug-likeness (QED) is 0.877. The van der Waals surface area contributed by atoms with Crippen LogP contribution in [-0.2, 0) is 0 Å². The Morgan fingerprint density at radius 2 is 1.92 bits per heavy atom. The van der Waals surface area contributed by atoms with Crippen molar-refractivity contribution in [1.29, 1.82) is 0 Å². The van der Waals surface area contributed by atoms with E-state index in [4.69, 9.17) is 0 Å². The smallest absolute Gasteiger partial charge is 0.272 e. The summed E-state index contributed by atoms with van der Waals surface area (Å²) in [6, 6.07) is 12.0. The molecule has 0 saturated heterocycles. The SMILES string of the molecule is CC(C)c1cc(C(=O)NC2CCC(CO)CC2)nn1-c1ccccc1. The summed E-state index contributed by atoms with van der Waals surface area (Å²) in [6.45, 7) is 4.46. The number of aliphatic hydroxyl groups is 1. The number of nitrogens with zero attached hydrogens (tertiary/aromatic N) is 2. The van der Waals surface area contributed by atoms with E-state index in [9.17, 15) is 9.90 Å². The van der Waals surface area contributed by atoms with Gasteiger partial charge in [-0.25, -0.2) is 4.68 Å². The largest absolute Gasteiger partial charge is 0.396 e. The van der Waals surface area contributed by atoms with Crippen LogP contribution in [0.5, 0.6) is 0 Å². The van der Waals surface area contributed by atoms with E-state index in [0.717, 1.165) is 37.1 Å². The van der Waals surface area contributed by atoms with Gasteiger partial charge in [0.15, 0.2) is 5.69 Å². The van der Waals surface area contributed by atoms with Crippen LogP contribution in [0.25, 0.3) is 5.69 Å². The van der Waals surface area contributed by atoms with Crippen molar-refractivity contribution in [3.05, 3.63) is 47.8 Å². The van der Waals surface area contributed by atoms with Crippen molar-refractivity contribution >= 4 is 5.91 Å². The number of hydrogen-bond acceptors (Lipinski definition) is 3. The summed E-state index contributed by atoms with van der Waals surface area (Å²) in [4.78, 5) is 12.6. The molecule has 1 amide bonds. The van der Waals surface area contributed by atoms with Gasteiger partial charge in [-0.1, -0.05) is 32.0 Å². The second-order valence-electron chi connectivity index (χ2n) is 7.23. The summed E-state index contributed by atoms with van der Waals surface area (Å²) < 4.78 is 1.86. The lowest BCUT2D eigenvalue weighted by Crippen LogP contribution is -2.38. The van der Waals surface area contributed by atoms with Crippen LogP contribution in [0.3, 0.4) is 0 Å². The van der Waals surface area contributed by atoms with Crippen molar-refractivity contribution in [2.24, 2.45) is 5.92 Å². The van der Waals surface area contributed by atoms with Crippen LogP contribution in [0.2, 0.25) is 0 Å². The van der Waals surface area contributed by atoms with Gasteiger partial charge in [-0.2, -0.15) is 5.10 Å². The molecule has 0 spiro atoms. The summed E-state index contributed by atoms with van der Waals surface area (Å²) in [7, 11) is 0. The molecule has 0 bridgehead atoms. The van der Waals surface area contributed by atoms with Crippen LogP contribution in [-0.4, -0.2) is 33.4 Å². The molecule has 5 nitrogen and oxygen atoms in total. The highest BCUT2D eigenvalue weighted by Crippen LogP contribution is 2.24. The number of amides is 1. The first-order valence-electron chi connectivity index (χ1n) is 9.15. The van der Waals surface area contributed by atoms with Gasteiger partial charge in [0.2, 0.25) is 0 Å². The van der Waals surface area contributed by atoms with Gasteiger partial charge in [-0.3, -0.25) is 4.79 Å². The maximum absolute atomic E-state index is 12.6. The van der Waals surface area contributed by atoms with Crippen LogP contribution in [0.1, 0.15) is 61.6 Å². The first-order valence-corrected chi connectivity index (χ1v) is 9.15. The Bertz CT molecular complexity index is 701. The molecule has 1 aliphatic rings. The highest BCUT2D eigenvalue weighted by molar-refractivity contribution is 5.92. The van der Waals surface area contributed by atoms with Crippen LogP contribution >= 0.6 is 0 Å². The molecule has 1 aliphatic carbocycles. The van der Waals surface area contributed by atoms with Crippen LogP contribution < -0.4 is 5.32 Å². The highest BCUT2D eigenvalue weighted by Gasteiger charge is 2.24. The third-order valence-electron chi connectivity index (χ3n) is 5.00. The third-order valence-corrected chi connectivity index (χ3v) is 5.00. The standard InChI is InChI=1S/C20H27N3O2/c1-14(2)19-12-18(22-23(19)17-6-4-3-5-7-17)20(25)21-16-10-8-15(13-24)9-11-16/h3-7,12,14-16,24H,8-11,13H2,1-2H3,(H,21,25). The lowest BCUT2D eigenvalue weighted by molar-refractivity contribution is 0.0908. The Morgan fingerprint density at radius 1 is 1.24 bits per heavy atom. The Balaban J connectivity index is 1.75. The molecule has 0 atom stereocenters. The number of aromatic nitrogens is 2. The van der Waals surface area contributed by atoms with E-state index in [1.54, 1.807) is 0 Å². The van der Waals surface area contributed by atoms with Gasteiger partial charge >= 0.3 is 0 Å². The zero-order valence-electron chi connectivity index (χ0n) is 15.0. The first kappa shape index (κ1) is 17.7. The summed E-state index contributed by atoms with van der Waals surface area (Å²) in [6.07, 6.45) is 3.79. The van der Waals surface area contributed by atoms with Crippen LogP contribution in [0.4, 0.5) is 0 Å². The van der Waals surface area contributed by atoms with E-state index >= 15 is 0 Å². The number of rotatable bonds is 5. The normalized spacial score (nSPS) is 20.6. The van der Waals surface area contributed by atoms with Gasteiger partial charge in [0.25, 0.3) is 5.91 Å². The third kappa shape index (κ3) is 4.10. The number of hydrogen-bond donors (Lipinski definition) is 2. The van der Waals surface area contributed by atoms with E-state index in [0.29, 0.717) is 11.6 Å². The number of nitrogens with one attached hydrogen (secondary N) is 1. The van der Waals surface area contributed by atoms with Gasteiger partial charge < -0.3 is 10.4 Å². The topological polar surface area (TPSA) is 67.2 Å². The molecule has 5 heteroatoms. The minimum atomic E-state index is -0.107. The lowest BCUT2D eigenvalue weighted by atomic mass is 9.86. The molecule has 25 heavy (non-hydrogen) atoms. The van der Waals surface area contributed by atoms with Gasteiger partial charge in [0, 0.05) is 18.3 Å². The zero-order chi connectivity index (χ0) is 17.8. The van der Waals surface area contributed by atoms with Crippen molar-refractivity contribution in [3.8, 4) is 5.69 Å². The van der Waals surface area contributed by atoms with Crippen molar-refractivity contribution in [3.63, 3.8) is 0 Å². The van der Waals surface area contributed by atoms with Crippen molar-refractivity contribution in [1.82, 2.24) is 15.1 Å². The van der Waals surface area contributed by atoms with Gasteiger partial charge in [-0.05, 0) is 55.7 Å². The Labute approximate surface area is 149 Å². The fourth-order valence-corrected chi connectivity index (χ4v) is 3.44. The summed E-state index contributed by atoms with van der Waals surface area (Å²) in [5.74, 6) is 0.552. The predicted molar refractivity (Wildman–Crippen MR) is 98.0 cm³/mol. The molecule has 2 aromatic rings. The first-order chi connectivity index (χ1) is 12.1. The molecule has 0 aliphatic heterocycles. The van der Waals surface area contributed by atoms with Crippen LogP contribution in [0.15, 0.2) is 36.4 Å². The maximum atomic E-state index is 12.6. The molecule has 2 N–H and O–H groups in total. The van der Waals surface area contributed by atoms with Crippen molar-refractivity contribution in [2.45, 2.75) is 51.5 Å². The fourth-order valence-electron chi connectivity index (χ4n) is 3.44. The predicted octanol–water partition coefficient (Wildman–Crippen LogP) is 3.28. The average Bonchev–Trinajstić information content (AvgIpc) is 3.09. The Kier molecular flexibility index (Phi) is 5.53. The van der Waals surface area contributed by atoms with Gasteiger partial charge in [0.05, 0.1) is 5.69 Å². The number of aliphatic hydroxyl groups excluding tert-OH is 1. The Morgan fingerprint density at radius 3 is 2.52 bits per heavy atom. The molecule has 1 heterocycles. The van der Waals surface area contributed by atoms with Crippen LogP contribution in [0, 0.1) is 5.92 Å². The minimum absolute atomic E-state index is 0.107. The molecular formula is C20H27N3O2. The van der Waals surface area contributed by atoms with E-state index in [2.05, 4.69) is 24.3 Å². The maximum Gasteiger partial charge on any atom is 0.272 e. The molecule has 1 aromatic carbocycles.